The topological polar surface area (TPSA) is 49.4 Å². The summed E-state index contributed by atoms with van der Waals surface area (Å²) in [5.41, 5.74) is -0.111. The molecule has 0 radical (unpaired) electrons. The number of benzene rings is 1. The van der Waals surface area contributed by atoms with Crippen LogP contribution in [0.25, 0.3) is 0 Å². The highest BCUT2D eigenvalue weighted by molar-refractivity contribution is 9.10. The van der Waals surface area contributed by atoms with E-state index in [1.54, 1.807) is 6.92 Å². The minimum atomic E-state index is -0.884. The molecule has 0 spiro atoms. The molecule has 0 bridgehead atoms. The molecule has 1 aromatic rings. The maximum atomic E-state index is 13.8. The molecule has 0 aliphatic carbocycles. The van der Waals surface area contributed by atoms with E-state index >= 15 is 0 Å². The Morgan fingerprint density at radius 3 is 2.68 bits per heavy atom. The predicted octanol–water partition coefficient (Wildman–Crippen LogP) is 1.97. The largest absolute Gasteiger partial charge is 0.343 e. The summed E-state index contributed by atoms with van der Waals surface area (Å²) < 4.78 is 27.0. The van der Waals surface area contributed by atoms with Crippen LogP contribution in [-0.2, 0) is 9.59 Å². The van der Waals surface area contributed by atoms with E-state index in [1.807, 2.05) is 0 Å². The molecule has 2 amide bonds. The zero-order valence-corrected chi connectivity index (χ0v) is 11.6. The molecule has 7 heteroatoms. The Kier molecular flexibility index (Phi) is 3.84. The number of hydrogen-bond acceptors (Lipinski definition) is 2. The van der Waals surface area contributed by atoms with Crippen LogP contribution in [0.5, 0.6) is 0 Å². The van der Waals surface area contributed by atoms with E-state index in [1.165, 1.54) is 0 Å². The van der Waals surface area contributed by atoms with Gasteiger partial charge in [-0.25, -0.2) is 8.78 Å². The van der Waals surface area contributed by atoms with E-state index in [-0.39, 0.29) is 22.6 Å². The van der Waals surface area contributed by atoms with Gasteiger partial charge in [0, 0.05) is 10.5 Å². The van der Waals surface area contributed by atoms with Crippen molar-refractivity contribution in [2.75, 3.05) is 11.4 Å². The molecule has 1 N–H and O–H groups in total. The summed E-state index contributed by atoms with van der Waals surface area (Å²) in [6.07, 6.45) is 0.404. The van der Waals surface area contributed by atoms with Gasteiger partial charge < -0.3 is 5.32 Å². The lowest BCUT2D eigenvalue weighted by atomic mass is 10.1. The van der Waals surface area contributed by atoms with Crippen LogP contribution in [0.15, 0.2) is 16.6 Å². The highest BCUT2D eigenvalue weighted by atomic mass is 79.9. The Balaban J connectivity index is 2.45. The van der Waals surface area contributed by atoms with Crippen LogP contribution in [0.2, 0.25) is 0 Å². The summed E-state index contributed by atoms with van der Waals surface area (Å²) >= 11 is 3.02. The zero-order chi connectivity index (χ0) is 14.2. The molecule has 4 nitrogen and oxygen atoms in total. The summed E-state index contributed by atoms with van der Waals surface area (Å²) in [4.78, 5) is 24.7. The van der Waals surface area contributed by atoms with Gasteiger partial charge in [-0.1, -0.05) is 6.92 Å². The van der Waals surface area contributed by atoms with Gasteiger partial charge in [0.15, 0.2) is 5.82 Å². The van der Waals surface area contributed by atoms with Gasteiger partial charge >= 0.3 is 0 Å². The molecule has 1 aliphatic rings. The van der Waals surface area contributed by atoms with Crippen LogP contribution in [0, 0.1) is 11.6 Å². The van der Waals surface area contributed by atoms with Gasteiger partial charge in [-0.05, 0) is 28.4 Å². The molecular formula is C12H11BrF2N2O2. The molecule has 1 atom stereocenters. The number of piperazine rings is 1. The number of nitrogens with one attached hydrogen (secondary N) is 1. The van der Waals surface area contributed by atoms with Crippen molar-refractivity contribution < 1.29 is 18.4 Å². The van der Waals surface area contributed by atoms with Gasteiger partial charge in [-0.15, -0.1) is 0 Å². The first-order valence-electron chi connectivity index (χ1n) is 5.69. The lowest BCUT2D eigenvalue weighted by Gasteiger charge is -2.32. The molecule has 1 aliphatic heterocycles. The lowest BCUT2D eigenvalue weighted by Crippen LogP contribution is -2.58. The summed E-state index contributed by atoms with van der Waals surface area (Å²) in [5.74, 6) is -2.42. The van der Waals surface area contributed by atoms with Crippen LogP contribution in [0.1, 0.15) is 13.3 Å². The number of carbonyl (C=O) groups is 2. The number of carbonyl (C=O) groups excluding carboxylic acids is 2. The summed E-state index contributed by atoms with van der Waals surface area (Å²) in [6.45, 7) is 1.46. The molecule has 1 heterocycles. The average Bonchev–Trinajstić information content (AvgIpc) is 2.31. The fourth-order valence-electron chi connectivity index (χ4n) is 1.97. The van der Waals surface area contributed by atoms with E-state index in [2.05, 4.69) is 21.2 Å². The fraction of sp³-hybridized carbons (Fsp3) is 0.333. The third kappa shape index (κ3) is 2.60. The smallest absolute Gasteiger partial charge is 0.250 e. The van der Waals surface area contributed by atoms with Crippen LogP contribution in [-0.4, -0.2) is 24.4 Å². The second-order valence-electron chi connectivity index (χ2n) is 4.17. The Morgan fingerprint density at radius 2 is 2.11 bits per heavy atom. The van der Waals surface area contributed by atoms with E-state index in [9.17, 15) is 18.4 Å². The molecule has 1 saturated heterocycles. The van der Waals surface area contributed by atoms with Gasteiger partial charge in [0.05, 0.1) is 5.69 Å². The standard InChI is InChI=1S/C12H11BrF2N2O2/c1-2-9-12(19)17(5-10(18)16-9)11-7(13)3-6(14)4-8(11)15/h3-4,9H,2,5H2,1H3,(H,16,18). The Morgan fingerprint density at radius 1 is 1.42 bits per heavy atom. The van der Waals surface area contributed by atoms with Crippen LogP contribution < -0.4 is 10.2 Å². The van der Waals surface area contributed by atoms with Crippen molar-refractivity contribution in [1.82, 2.24) is 5.32 Å². The highest BCUT2D eigenvalue weighted by Crippen LogP contribution is 2.31. The molecule has 0 aromatic heterocycles. The van der Waals surface area contributed by atoms with Crippen molar-refractivity contribution >= 4 is 33.4 Å². The third-order valence-corrected chi connectivity index (χ3v) is 3.47. The van der Waals surface area contributed by atoms with Gasteiger partial charge in [0.25, 0.3) is 0 Å². The van der Waals surface area contributed by atoms with Crippen LogP contribution >= 0.6 is 15.9 Å². The maximum absolute atomic E-state index is 13.8. The molecule has 1 unspecified atom stereocenters. The summed E-state index contributed by atoms with van der Waals surface area (Å²) in [5, 5.41) is 2.52. The van der Waals surface area contributed by atoms with Gasteiger partial charge in [-0.2, -0.15) is 0 Å². The van der Waals surface area contributed by atoms with E-state index in [0.29, 0.717) is 12.5 Å². The monoisotopic (exact) mass is 332 g/mol. The van der Waals surface area contributed by atoms with Gasteiger partial charge in [0.1, 0.15) is 18.4 Å². The molecule has 1 aromatic carbocycles. The Hall–Kier alpha value is -1.50. The minimum absolute atomic E-state index is 0.0999. The number of amides is 2. The first kappa shape index (κ1) is 13.9. The van der Waals surface area contributed by atoms with Gasteiger partial charge in [-0.3, -0.25) is 14.5 Å². The van der Waals surface area contributed by atoms with Crippen molar-refractivity contribution in [3.05, 3.63) is 28.2 Å². The van der Waals surface area contributed by atoms with Crippen molar-refractivity contribution in [3.63, 3.8) is 0 Å². The summed E-state index contributed by atoms with van der Waals surface area (Å²) in [6, 6.07) is 1.05. The normalized spacial score (nSPS) is 19.6. The zero-order valence-electron chi connectivity index (χ0n) is 10.0. The van der Waals surface area contributed by atoms with Crippen molar-refractivity contribution in [3.8, 4) is 0 Å². The van der Waals surface area contributed by atoms with E-state index in [0.717, 1.165) is 11.0 Å². The molecule has 19 heavy (non-hydrogen) atoms. The number of halogens is 3. The second-order valence-corrected chi connectivity index (χ2v) is 5.03. The fourth-order valence-corrected chi connectivity index (χ4v) is 2.59. The number of hydrogen-bond donors (Lipinski definition) is 1. The van der Waals surface area contributed by atoms with Gasteiger partial charge in [0.2, 0.25) is 11.8 Å². The number of rotatable bonds is 2. The Labute approximate surface area is 116 Å². The highest BCUT2D eigenvalue weighted by Gasteiger charge is 2.34. The molecular weight excluding hydrogens is 322 g/mol. The minimum Gasteiger partial charge on any atom is -0.343 e. The van der Waals surface area contributed by atoms with Crippen molar-refractivity contribution in [2.24, 2.45) is 0 Å². The molecule has 102 valence electrons. The van der Waals surface area contributed by atoms with E-state index in [4.69, 9.17) is 0 Å². The first-order valence-corrected chi connectivity index (χ1v) is 6.48. The SMILES string of the molecule is CCC1NC(=O)CN(c2c(F)cc(F)cc2Br)C1=O. The number of nitrogens with zero attached hydrogens (tertiary/aromatic N) is 1. The second kappa shape index (κ2) is 5.24. The third-order valence-electron chi connectivity index (χ3n) is 2.86. The number of anilines is 1. The summed E-state index contributed by atoms with van der Waals surface area (Å²) in [7, 11) is 0. The molecule has 0 saturated carbocycles. The van der Waals surface area contributed by atoms with Crippen molar-refractivity contribution in [2.45, 2.75) is 19.4 Å². The first-order chi connectivity index (χ1) is 8.93. The van der Waals surface area contributed by atoms with E-state index < -0.39 is 23.6 Å². The lowest BCUT2D eigenvalue weighted by molar-refractivity contribution is -0.131. The predicted molar refractivity (Wildman–Crippen MR) is 68.6 cm³/mol. The van der Waals surface area contributed by atoms with Crippen molar-refractivity contribution in [1.29, 1.82) is 0 Å². The molecule has 2 rings (SSSR count). The van der Waals surface area contributed by atoms with Crippen LogP contribution in [0.3, 0.4) is 0 Å². The Bertz CT molecular complexity index is 528. The maximum Gasteiger partial charge on any atom is 0.250 e. The average molecular weight is 333 g/mol. The van der Waals surface area contributed by atoms with Crippen LogP contribution in [0.4, 0.5) is 14.5 Å². The quantitative estimate of drug-likeness (QED) is 0.900. The molecule has 1 fully saturated rings.